The molecule has 30 heavy (non-hydrogen) atoms. The number of fused-ring (bicyclic) bond motifs is 1. The maximum Gasteiger partial charge on any atom is 0.262 e. The van der Waals surface area contributed by atoms with Gasteiger partial charge in [0.25, 0.3) is 11.8 Å². The second-order valence-electron chi connectivity index (χ2n) is 7.10. The predicted octanol–water partition coefficient (Wildman–Crippen LogP) is 1.86. The van der Waals surface area contributed by atoms with Gasteiger partial charge in [0.1, 0.15) is 29.8 Å². The van der Waals surface area contributed by atoms with Crippen molar-refractivity contribution in [1.82, 2.24) is 4.90 Å². The van der Waals surface area contributed by atoms with Gasteiger partial charge in [-0.1, -0.05) is 42.0 Å². The molecule has 5 atom stereocenters. The van der Waals surface area contributed by atoms with Crippen LogP contribution in [0.1, 0.15) is 34.6 Å². The van der Waals surface area contributed by atoms with Crippen LogP contribution in [0.2, 0.25) is 0 Å². The third-order valence-corrected chi connectivity index (χ3v) is 6.02. The monoisotopic (exact) mass is 431 g/mol. The summed E-state index contributed by atoms with van der Waals surface area (Å²) in [6.07, 6.45) is 3.58. The van der Waals surface area contributed by atoms with Gasteiger partial charge in [0.05, 0.1) is 17.7 Å². The van der Waals surface area contributed by atoms with Crippen LogP contribution in [0.25, 0.3) is 0 Å². The summed E-state index contributed by atoms with van der Waals surface area (Å²) in [5, 5.41) is 32.3. The number of amides is 2. The van der Waals surface area contributed by atoms with Crippen molar-refractivity contribution in [3.63, 3.8) is 0 Å². The number of ether oxygens (including phenoxy) is 1. The fraction of sp³-hybridized carbons (Fsp3) is 0.364. The van der Waals surface area contributed by atoms with Gasteiger partial charge in [-0.05, 0) is 31.4 Å². The molecule has 0 aromatic heterocycles. The van der Waals surface area contributed by atoms with E-state index < -0.39 is 48.2 Å². The molecule has 2 amide bonds. The molecule has 2 aliphatic heterocycles. The maximum atomic E-state index is 12.9. The quantitative estimate of drug-likeness (QED) is 0.466. The Morgan fingerprint density at radius 1 is 1.17 bits per heavy atom. The van der Waals surface area contributed by atoms with Crippen molar-refractivity contribution in [2.75, 3.05) is 6.61 Å². The number of nitrogens with zero attached hydrogens (tertiary/aromatic N) is 1. The highest BCUT2D eigenvalue weighted by molar-refractivity contribution is 8.02. The first-order valence-electron chi connectivity index (χ1n) is 9.61. The smallest absolute Gasteiger partial charge is 0.262 e. The van der Waals surface area contributed by atoms with Crippen molar-refractivity contribution in [1.29, 1.82) is 0 Å². The van der Waals surface area contributed by atoms with Gasteiger partial charge in [0.15, 0.2) is 0 Å². The Morgan fingerprint density at radius 3 is 2.37 bits per heavy atom. The summed E-state index contributed by atoms with van der Waals surface area (Å²) in [4.78, 5) is 26.8. The zero-order valence-electron chi connectivity index (χ0n) is 16.7. The van der Waals surface area contributed by atoms with Crippen molar-refractivity contribution < 1.29 is 29.6 Å². The summed E-state index contributed by atoms with van der Waals surface area (Å²) in [6.45, 7) is 3.35. The zero-order chi connectivity index (χ0) is 21.8. The van der Waals surface area contributed by atoms with Crippen LogP contribution in [0.4, 0.5) is 0 Å². The van der Waals surface area contributed by atoms with Crippen LogP contribution in [0.3, 0.4) is 0 Å². The highest BCUT2D eigenvalue weighted by Gasteiger charge is 2.52. The Hall–Kier alpha value is -2.23. The van der Waals surface area contributed by atoms with Crippen LogP contribution in [0.5, 0.6) is 0 Å². The molecule has 5 unspecified atom stereocenters. The minimum atomic E-state index is -1.47. The van der Waals surface area contributed by atoms with Gasteiger partial charge in [0, 0.05) is 0 Å². The molecule has 160 valence electrons. The fourth-order valence-corrected chi connectivity index (χ4v) is 4.54. The van der Waals surface area contributed by atoms with Crippen LogP contribution in [-0.2, 0) is 4.74 Å². The number of benzene rings is 1. The summed E-state index contributed by atoms with van der Waals surface area (Å²) in [5.41, 5.74) is 0.657. The van der Waals surface area contributed by atoms with E-state index in [4.69, 9.17) is 4.74 Å². The normalized spacial score (nSPS) is 30.0. The molecule has 3 rings (SSSR count). The first-order chi connectivity index (χ1) is 14.4. The second kappa shape index (κ2) is 9.72. The van der Waals surface area contributed by atoms with Crippen LogP contribution in [0.15, 0.2) is 59.6 Å². The number of carbonyl (C=O) groups excluding carboxylic acids is 2. The molecule has 0 saturated carbocycles. The van der Waals surface area contributed by atoms with Crippen LogP contribution in [-0.4, -0.2) is 68.4 Å². The number of imide groups is 1. The van der Waals surface area contributed by atoms with E-state index in [-0.39, 0.29) is 11.1 Å². The zero-order valence-corrected chi connectivity index (χ0v) is 17.5. The molecule has 2 heterocycles. The minimum Gasteiger partial charge on any atom is -0.394 e. The molecule has 0 aliphatic carbocycles. The topological polar surface area (TPSA) is 107 Å². The number of rotatable bonds is 6. The van der Waals surface area contributed by atoms with Gasteiger partial charge in [-0.25, -0.2) is 0 Å². The van der Waals surface area contributed by atoms with E-state index >= 15 is 0 Å². The number of aliphatic hydroxyl groups is 3. The molecule has 3 N–H and O–H groups in total. The number of thioether (sulfide) groups is 1. The molecule has 0 spiro atoms. The highest BCUT2D eigenvalue weighted by atomic mass is 32.2. The molecule has 8 heteroatoms. The first kappa shape index (κ1) is 22.5. The molecular formula is C22H25NO6S. The SMILES string of the molecule is C\C=C/C(C)=C\C=C\SC1OC(CO)C(O)C(O)C1N1C(=O)c2ccccc2C1=O. The second-order valence-corrected chi connectivity index (χ2v) is 8.11. The molecule has 2 aliphatic rings. The average molecular weight is 432 g/mol. The standard InChI is InChI=1S/C22H25NO6S/c1-3-7-13(2)8-6-11-30-22-17(19(26)18(25)16(12-24)29-22)23-20(27)14-9-4-5-10-15(14)21(23)28/h3-11,16-19,22,24-26H,12H2,1-2H3/b7-3-,11-6+,13-8-. The molecule has 1 fully saturated rings. The van der Waals surface area contributed by atoms with Crippen molar-refractivity contribution in [2.24, 2.45) is 0 Å². The summed E-state index contributed by atoms with van der Waals surface area (Å²) in [5.74, 6) is -1.09. The summed E-state index contributed by atoms with van der Waals surface area (Å²) in [6, 6.07) is 5.30. The van der Waals surface area contributed by atoms with Crippen LogP contribution in [0, 0.1) is 0 Å². The van der Waals surface area contributed by atoms with Gasteiger partial charge >= 0.3 is 0 Å². The lowest BCUT2D eigenvalue weighted by atomic mass is 9.97. The Balaban J connectivity index is 1.89. The third-order valence-electron chi connectivity index (χ3n) is 5.05. The minimum absolute atomic E-state index is 0.248. The largest absolute Gasteiger partial charge is 0.394 e. The number of aliphatic hydroxyl groups excluding tert-OH is 3. The number of hydrogen-bond donors (Lipinski definition) is 3. The van der Waals surface area contributed by atoms with Crippen LogP contribution < -0.4 is 0 Å². The Labute approximate surface area is 179 Å². The van der Waals surface area contributed by atoms with Crippen molar-refractivity contribution in [2.45, 2.75) is 43.6 Å². The Morgan fingerprint density at radius 2 is 1.80 bits per heavy atom. The van der Waals surface area contributed by atoms with Gasteiger partial charge in [-0.15, -0.1) is 11.8 Å². The third kappa shape index (κ3) is 4.28. The molecule has 1 aromatic rings. The number of hydrogen-bond acceptors (Lipinski definition) is 7. The van der Waals surface area contributed by atoms with Crippen LogP contribution >= 0.6 is 11.8 Å². The summed E-state index contributed by atoms with van der Waals surface area (Å²) < 4.78 is 5.76. The summed E-state index contributed by atoms with van der Waals surface area (Å²) in [7, 11) is 0. The van der Waals surface area contributed by atoms with Gasteiger partial charge < -0.3 is 20.1 Å². The Kier molecular flexibility index (Phi) is 7.27. The predicted molar refractivity (Wildman–Crippen MR) is 114 cm³/mol. The molecule has 0 bridgehead atoms. The lowest BCUT2D eigenvalue weighted by Crippen LogP contribution is -2.64. The molecule has 7 nitrogen and oxygen atoms in total. The van der Waals surface area contributed by atoms with E-state index in [2.05, 4.69) is 0 Å². The van der Waals surface area contributed by atoms with Crippen molar-refractivity contribution in [3.8, 4) is 0 Å². The van der Waals surface area contributed by atoms with Gasteiger partial charge in [-0.3, -0.25) is 14.5 Å². The van der Waals surface area contributed by atoms with Gasteiger partial charge in [-0.2, -0.15) is 0 Å². The van der Waals surface area contributed by atoms with Gasteiger partial charge in [0.2, 0.25) is 0 Å². The Bertz CT molecular complexity index is 860. The van der Waals surface area contributed by atoms with E-state index in [0.29, 0.717) is 0 Å². The average Bonchev–Trinajstić information content (AvgIpc) is 2.99. The van der Waals surface area contributed by atoms with Crippen molar-refractivity contribution in [3.05, 3.63) is 70.7 Å². The molecular weight excluding hydrogens is 406 g/mol. The first-order valence-corrected chi connectivity index (χ1v) is 10.6. The maximum absolute atomic E-state index is 12.9. The molecule has 0 radical (unpaired) electrons. The lowest BCUT2D eigenvalue weighted by molar-refractivity contribution is -0.181. The number of carbonyl (C=O) groups is 2. The molecule has 1 aromatic carbocycles. The van der Waals surface area contributed by atoms with Crippen molar-refractivity contribution >= 4 is 23.6 Å². The molecule has 1 saturated heterocycles. The fourth-order valence-electron chi connectivity index (χ4n) is 3.57. The van der Waals surface area contributed by atoms with E-state index in [1.807, 2.05) is 32.1 Å². The highest BCUT2D eigenvalue weighted by Crippen LogP contribution is 2.36. The number of allylic oxidation sites excluding steroid dienone is 5. The van der Waals surface area contributed by atoms with E-state index in [0.717, 1.165) is 22.2 Å². The van der Waals surface area contributed by atoms with E-state index in [1.165, 1.54) is 0 Å². The lowest BCUT2D eigenvalue weighted by Gasteiger charge is -2.44. The summed E-state index contributed by atoms with van der Waals surface area (Å²) >= 11 is 1.16. The van der Waals surface area contributed by atoms with E-state index in [1.54, 1.807) is 35.7 Å². The van der Waals surface area contributed by atoms with E-state index in [9.17, 15) is 24.9 Å².